The fourth-order valence-corrected chi connectivity index (χ4v) is 3.61. The number of hydrogen-bond acceptors (Lipinski definition) is 6. The molecule has 0 aliphatic carbocycles. The molecule has 0 fully saturated rings. The summed E-state index contributed by atoms with van der Waals surface area (Å²) in [5.41, 5.74) is 1.53. The summed E-state index contributed by atoms with van der Waals surface area (Å²) >= 11 is 18.8. The van der Waals surface area contributed by atoms with Crippen LogP contribution in [0.3, 0.4) is 0 Å². The zero-order chi connectivity index (χ0) is 19.4. The number of ether oxygens (including phenoxy) is 1. The normalized spacial score (nSPS) is 10.8. The van der Waals surface area contributed by atoms with Crippen LogP contribution in [0.25, 0.3) is 11.1 Å². The van der Waals surface area contributed by atoms with Gasteiger partial charge in [-0.05, 0) is 24.3 Å². The highest BCUT2D eigenvalue weighted by Gasteiger charge is 2.14. The molecule has 27 heavy (non-hydrogen) atoms. The van der Waals surface area contributed by atoms with Gasteiger partial charge in [0.1, 0.15) is 11.3 Å². The Morgan fingerprint density at radius 3 is 2.56 bits per heavy atom. The number of hydrogen-bond donors (Lipinski definition) is 1. The first kappa shape index (κ1) is 19.8. The Bertz CT molecular complexity index is 953. The van der Waals surface area contributed by atoms with Gasteiger partial charge in [0.25, 0.3) is 11.1 Å². The summed E-state index contributed by atoms with van der Waals surface area (Å²) in [5, 5.41) is 3.52. The number of aromatic nitrogens is 1. The van der Waals surface area contributed by atoms with Gasteiger partial charge in [-0.2, -0.15) is 0 Å². The summed E-state index contributed by atoms with van der Waals surface area (Å²) in [4.78, 5) is 28.0. The summed E-state index contributed by atoms with van der Waals surface area (Å²) in [6, 6.07) is 10.1. The summed E-state index contributed by atoms with van der Waals surface area (Å²) in [7, 11) is 0. The van der Waals surface area contributed by atoms with E-state index >= 15 is 0 Å². The van der Waals surface area contributed by atoms with Crippen LogP contribution in [0.5, 0.6) is 0 Å². The SMILES string of the molecule is O=C(COC(=O)CSc1nc2ccccc2o1)Nc1c(Cl)cc(Cl)cc1Cl. The molecule has 0 atom stereocenters. The zero-order valence-corrected chi connectivity index (χ0v) is 16.6. The second kappa shape index (κ2) is 8.84. The lowest BCUT2D eigenvalue weighted by Crippen LogP contribution is -2.22. The Kier molecular flexibility index (Phi) is 6.49. The molecule has 0 aliphatic rings. The van der Waals surface area contributed by atoms with Crippen LogP contribution in [0.4, 0.5) is 5.69 Å². The fourth-order valence-electron chi connectivity index (χ4n) is 2.06. The van der Waals surface area contributed by atoms with Gasteiger partial charge < -0.3 is 14.5 Å². The second-order valence-electron chi connectivity index (χ2n) is 5.19. The van der Waals surface area contributed by atoms with Crippen molar-refractivity contribution in [2.75, 3.05) is 17.7 Å². The fraction of sp³-hybridized carbons (Fsp3) is 0.118. The van der Waals surface area contributed by atoms with Gasteiger partial charge in [-0.3, -0.25) is 9.59 Å². The first-order valence-electron chi connectivity index (χ1n) is 7.51. The maximum absolute atomic E-state index is 11.9. The molecule has 0 unspecified atom stereocenters. The monoisotopic (exact) mass is 444 g/mol. The van der Waals surface area contributed by atoms with E-state index in [1.54, 1.807) is 12.1 Å². The Balaban J connectivity index is 1.48. The van der Waals surface area contributed by atoms with Crippen LogP contribution in [0.2, 0.25) is 15.1 Å². The first-order valence-corrected chi connectivity index (χ1v) is 9.62. The van der Waals surface area contributed by atoms with E-state index in [9.17, 15) is 9.59 Å². The van der Waals surface area contributed by atoms with Gasteiger partial charge >= 0.3 is 5.97 Å². The molecule has 1 aromatic heterocycles. The predicted octanol–water partition coefficient (Wildman–Crippen LogP) is 5.06. The third kappa shape index (κ3) is 5.29. The van der Waals surface area contributed by atoms with Gasteiger partial charge in [0, 0.05) is 5.02 Å². The van der Waals surface area contributed by atoms with Crippen LogP contribution in [0, 0.1) is 0 Å². The summed E-state index contributed by atoms with van der Waals surface area (Å²) in [6.45, 7) is -0.484. The average Bonchev–Trinajstić information content (AvgIpc) is 3.04. The quantitative estimate of drug-likeness (QED) is 0.422. The lowest BCUT2D eigenvalue weighted by atomic mass is 10.3. The van der Waals surface area contributed by atoms with Gasteiger partial charge in [0.2, 0.25) is 0 Å². The molecule has 3 rings (SSSR count). The minimum Gasteiger partial charge on any atom is -0.455 e. The lowest BCUT2D eigenvalue weighted by molar-refractivity contribution is -0.144. The third-order valence-electron chi connectivity index (χ3n) is 3.22. The Hall–Kier alpha value is -1.93. The van der Waals surface area contributed by atoms with Gasteiger partial charge in [-0.1, -0.05) is 58.7 Å². The lowest BCUT2D eigenvalue weighted by Gasteiger charge is -2.10. The second-order valence-corrected chi connectivity index (χ2v) is 7.37. The van der Waals surface area contributed by atoms with E-state index in [-0.39, 0.29) is 21.5 Å². The Morgan fingerprint density at radius 2 is 1.85 bits per heavy atom. The van der Waals surface area contributed by atoms with Crippen LogP contribution in [-0.4, -0.2) is 29.2 Å². The summed E-state index contributed by atoms with van der Waals surface area (Å²) in [6.07, 6.45) is 0. The van der Waals surface area contributed by atoms with Crippen molar-refractivity contribution in [1.82, 2.24) is 4.98 Å². The van der Waals surface area contributed by atoms with E-state index in [0.717, 1.165) is 11.8 Å². The van der Waals surface area contributed by atoms with E-state index in [1.807, 2.05) is 12.1 Å². The summed E-state index contributed by atoms with van der Waals surface area (Å²) in [5.74, 6) is -1.23. The molecule has 140 valence electrons. The number of carbonyl (C=O) groups is 2. The molecule has 3 aromatic rings. The highest BCUT2D eigenvalue weighted by atomic mass is 35.5. The molecule has 0 spiro atoms. The maximum Gasteiger partial charge on any atom is 0.316 e. The van der Waals surface area contributed by atoms with Crippen molar-refractivity contribution < 1.29 is 18.7 Å². The molecule has 0 aliphatic heterocycles. The predicted molar refractivity (Wildman–Crippen MR) is 106 cm³/mol. The van der Waals surface area contributed by atoms with E-state index in [0.29, 0.717) is 21.3 Å². The van der Waals surface area contributed by atoms with Gasteiger partial charge in [0.05, 0.1) is 15.7 Å². The number of amides is 1. The van der Waals surface area contributed by atoms with E-state index in [4.69, 9.17) is 44.0 Å². The maximum atomic E-state index is 11.9. The topological polar surface area (TPSA) is 81.4 Å². The standard InChI is InChI=1S/C17H11Cl3N2O4S/c18-9-5-10(19)16(11(20)6-9)22-14(23)7-25-15(24)8-27-17-21-12-3-1-2-4-13(12)26-17/h1-6H,7-8H2,(H,22,23). The van der Waals surface area contributed by atoms with Gasteiger partial charge in [0.15, 0.2) is 12.2 Å². The molecule has 6 nitrogen and oxygen atoms in total. The molecule has 2 aromatic carbocycles. The van der Waals surface area contributed by atoms with Crippen molar-refractivity contribution in [2.45, 2.75) is 5.22 Å². The van der Waals surface area contributed by atoms with Crippen LogP contribution in [0.1, 0.15) is 0 Å². The number of benzene rings is 2. The number of halogens is 3. The largest absolute Gasteiger partial charge is 0.455 e. The molecular formula is C17H11Cl3N2O4S. The van der Waals surface area contributed by atoms with Crippen LogP contribution in [-0.2, 0) is 14.3 Å². The van der Waals surface area contributed by atoms with Crippen LogP contribution >= 0.6 is 46.6 Å². The van der Waals surface area contributed by atoms with Crippen molar-refractivity contribution in [3.63, 3.8) is 0 Å². The average molecular weight is 446 g/mol. The number of thioether (sulfide) groups is 1. The molecule has 0 saturated carbocycles. The van der Waals surface area contributed by atoms with Gasteiger partial charge in [-0.15, -0.1) is 0 Å². The highest BCUT2D eigenvalue weighted by molar-refractivity contribution is 7.99. The number of carbonyl (C=O) groups excluding carboxylic acids is 2. The third-order valence-corrected chi connectivity index (χ3v) is 4.84. The molecule has 1 N–H and O–H groups in total. The van der Waals surface area contributed by atoms with Crippen molar-refractivity contribution in [3.05, 3.63) is 51.5 Å². The number of oxazole rings is 1. The van der Waals surface area contributed by atoms with Crippen molar-refractivity contribution in [1.29, 1.82) is 0 Å². The van der Waals surface area contributed by atoms with Crippen LogP contribution in [0.15, 0.2) is 46.0 Å². The number of para-hydroxylation sites is 2. The van der Waals surface area contributed by atoms with Crippen molar-refractivity contribution >= 4 is 75.2 Å². The number of nitrogens with one attached hydrogen (secondary N) is 1. The number of rotatable bonds is 6. The molecule has 0 saturated heterocycles. The van der Waals surface area contributed by atoms with Crippen LogP contribution < -0.4 is 5.32 Å². The molecule has 0 bridgehead atoms. The molecule has 1 amide bonds. The van der Waals surface area contributed by atoms with E-state index in [1.165, 1.54) is 12.1 Å². The summed E-state index contributed by atoms with van der Waals surface area (Å²) < 4.78 is 10.4. The number of fused-ring (bicyclic) bond motifs is 1. The van der Waals surface area contributed by atoms with E-state index < -0.39 is 18.5 Å². The van der Waals surface area contributed by atoms with E-state index in [2.05, 4.69) is 10.3 Å². The van der Waals surface area contributed by atoms with Gasteiger partial charge in [-0.25, -0.2) is 4.98 Å². The Labute approximate surface area is 173 Å². The smallest absolute Gasteiger partial charge is 0.316 e. The molecule has 0 radical (unpaired) electrons. The number of anilines is 1. The Morgan fingerprint density at radius 1 is 1.15 bits per heavy atom. The first-order chi connectivity index (χ1) is 12.9. The highest BCUT2D eigenvalue weighted by Crippen LogP contribution is 2.33. The number of nitrogens with zero attached hydrogens (tertiary/aromatic N) is 1. The number of esters is 1. The minimum absolute atomic E-state index is 0.0530. The molecule has 10 heteroatoms. The zero-order valence-electron chi connectivity index (χ0n) is 13.5. The molecule has 1 heterocycles. The van der Waals surface area contributed by atoms with Crippen molar-refractivity contribution in [2.24, 2.45) is 0 Å². The molecular weight excluding hydrogens is 435 g/mol. The minimum atomic E-state index is -0.592. The van der Waals surface area contributed by atoms with Crippen molar-refractivity contribution in [3.8, 4) is 0 Å².